The van der Waals surface area contributed by atoms with E-state index in [1.165, 1.54) is 0 Å². The van der Waals surface area contributed by atoms with Crippen LogP contribution in [0.4, 0.5) is 0 Å². The van der Waals surface area contributed by atoms with E-state index in [0.29, 0.717) is 30.2 Å². The molecule has 106 valence electrons. The summed E-state index contributed by atoms with van der Waals surface area (Å²) >= 11 is 4.37. The predicted molar refractivity (Wildman–Crippen MR) is 75.7 cm³/mol. The van der Waals surface area contributed by atoms with Gasteiger partial charge in [-0.05, 0) is 53.1 Å². The lowest BCUT2D eigenvalue weighted by Gasteiger charge is -2.26. The molecule has 0 saturated heterocycles. The molecule has 2 N–H and O–H groups in total. The first-order valence-electron chi connectivity index (χ1n) is 5.88. The Bertz CT molecular complexity index is 561. The lowest BCUT2D eigenvalue weighted by Crippen LogP contribution is -2.38. The van der Waals surface area contributed by atoms with Crippen molar-refractivity contribution in [2.45, 2.75) is 35.9 Å². The number of thiophene rings is 1. The second-order valence-electron chi connectivity index (χ2n) is 4.56. The summed E-state index contributed by atoms with van der Waals surface area (Å²) in [6, 6.07) is 1.52. The van der Waals surface area contributed by atoms with E-state index in [4.69, 9.17) is 5.11 Å². The number of rotatable bonds is 4. The van der Waals surface area contributed by atoms with Crippen LogP contribution in [0, 0.1) is 5.92 Å². The average Bonchev–Trinajstić information content (AvgIpc) is 2.76. The molecule has 1 fully saturated rings. The van der Waals surface area contributed by atoms with E-state index in [9.17, 15) is 13.2 Å². The van der Waals surface area contributed by atoms with Crippen molar-refractivity contribution in [1.29, 1.82) is 0 Å². The molecule has 1 saturated carbocycles. The second-order valence-corrected chi connectivity index (χ2v) is 8.24. The summed E-state index contributed by atoms with van der Waals surface area (Å²) in [7, 11) is -3.51. The molecule has 19 heavy (non-hydrogen) atoms. The van der Waals surface area contributed by atoms with Gasteiger partial charge in [-0.3, -0.25) is 4.79 Å². The van der Waals surface area contributed by atoms with E-state index < -0.39 is 16.0 Å². The number of hydrogen-bond donors (Lipinski definition) is 2. The molecule has 1 aliphatic rings. The fraction of sp³-hybridized carbons (Fsp3) is 0.545. The normalized spacial score (nSPS) is 24.3. The molecule has 0 aliphatic heterocycles. The van der Waals surface area contributed by atoms with Gasteiger partial charge < -0.3 is 5.11 Å². The van der Waals surface area contributed by atoms with Crippen LogP contribution in [0.5, 0.6) is 0 Å². The summed E-state index contributed by atoms with van der Waals surface area (Å²) in [5, 5.41) is 10.6. The minimum Gasteiger partial charge on any atom is -0.481 e. The Balaban J connectivity index is 2.00. The molecule has 0 amide bonds. The summed E-state index contributed by atoms with van der Waals surface area (Å²) in [6.07, 6.45) is 2.18. The van der Waals surface area contributed by atoms with Crippen molar-refractivity contribution in [3.05, 3.63) is 15.9 Å². The molecule has 1 heterocycles. The fourth-order valence-electron chi connectivity index (χ4n) is 2.20. The van der Waals surface area contributed by atoms with Gasteiger partial charge in [0, 0.05) is 10.5 Å². The molecule has 0 radical (unpaired) electrons. The van der Waals surface area contributed by atoms with Crippen molar-refractivity contribution in [1.82, 2.24) is 4.72 Å². The maximum atomic E-state index is 12.2. The third-order valence-corrected chi connectivity index (χ3v) is 7.42. The van der Waals surface area contributed by atoms with Gasteiger partial charge in [0.15, 0.2) is 0 Å². The lowest BCUT2D eigenvalue weighted by atomic mass is 9.87. The van der Waals surface area contributed by atoms with Gasteiger partial charge in [-0.2, -0.15) is 0 Å². The Morgan fingerprint density at radius 1 is 1.37 bits per heavy atom. The van der Waals surface area contributed by atoms with Crippen molar-refractivity contribution < 1.29 is 18.3 Å². The first kappa shape index (κ1) is 15.0. The highest BCUT2D eigenvalue weighted by molar-refractivity contribution is 9.10. The monoisotopic (exact) mass is 367 g/mol. The summed E-state index contributed by atoms with van der Waals surface area (Å²) in [4.78, 5) is 10.8. The maximum absolute atomic E-state index is 12.2. The number of nitrogens with one attached hydrogen (secondary N) is 1. The number of carboxylic acid groups (broad SMARTS) is 1. The minimum atomic E-state index is -3.51. The van der Waals surface area contributed by atoms with Crippen LogP contribution in [0.3, 0.4) is 0 Å². The van der Waals surface area contributed by atoms with Crippen molar-refractivity contribution in [3.63, 3.8) is 0 Å². The van der Waals surface area contributed by atoms with E-state index in [1.807, 2.05) is 0 Å². The number of hydrogen-bond acceptors (Lipinski definition) is 4. The first-order chi connectivity index (χ1) is 8.90. The molecular weight excluding hydrogens is 354 g/mol. The SMILES string of the molecule is O=C(O)C1CCC(NS(=O)(=O)c2sccc2Br)CC1. The van der Waals surface area contributed by atoms with Crippen molar-refractivity contribution in [2.24, 2.45) is 5.92 Å². The van der Waals surface area contributed by atoms with Gasteiger partial charge in [0.05, 0.1) is 5.92 Å². The van der Waals surface area contributed by atoms with E-state index in [0.717, 1.165) is 11.3 Å². The predicted octanol–water partition coefficient (Wildman–Crippen LogP) is 2.43. The highest BCUT2D eigenvalue weighted by Crippen LogP contribution is 2.30. The second kappa shape index (κ2) is 5.90. The van der Waals surface area contributed by atoms with E-state index in [2.05, 4.69) is 20.7 Å². The largest absolute Gasteiger partial charge is 0.481 e. The van der Waals surface area contributed by atoms with Crippen LogP contribution in [0.1, 0.15) is 25.7 Å². The Labute approximate surface area is 124 Å². The summed E-state index contributed by atoms with van der Waals surface area (Å²) < 4.78 is 27.8. The van der Waals surface area contributed by atoms with Crippen molar-refractivity contribution in [3.8, 4) is 0 Å². The standard InChI is InChI=1S/C11H14BrNO4S2/c12-9-5-6-18-11(9)19(16,17)13-8-3-1-7(2-4-8)10(14)15/h5-8,13H,1-4H2,(H,14,15). The molecule has 1 aliphatic carbocycles. The van der Waals surface area contributed by atoms with Gasteiger partial charge in [0.2, 0.25) is 0 Å². The van der Waals surface area contributed by atoms with Gasteiger partial charge in [0.1, 0.15) is 4.21 Å². The number of carboxylic acids is 1. The fourth-order valence-corrected chi connectivity index (χ4v) is 5.86. The minimum absolute atomic E-state index is 0.172. The summed E-state index contributed by atoms with van der Waals surface area (Å²) in [5.41, 5.74) is 0. The molecule has 5 nitrogen and oxygen atoms in total. The molecule has 1 aromatic rings. The highest BCUT2D eigenvalue weighted by Gasteiger charge is 2.29. The maximum Gasteiger partial charge on any atom is 0.306 e. The van der Waals surface area contributed by atoms with Crippen LogP contribution in [0.2, 0.25) is 0 Å². The van der Waals surface area contributed by atoms with Crippen LogP contribution in [0.25, 0.3) is 0 Å². The first-order valence-corrected chi connectivity index (χ1v) is 9.04. The smallest absolute Gasteiger partial charge is 0.306 e. The Hall–Kier alpha value is -0.440. The van der Waals surface area contributed by atoms with Crippen molar-refractivity contribution >= 4 is 43.3 Å². The van der Waals surface area contributed by atoms with Crippen LogP contribution >= 0.6 is 27.3 Å². The molecular formula is C11H14BrNO4S2. The van der Waals surface area contributed by atoms with Crippen LogP contribution < -0.4 is 4.72 Å². The molecule has 0 atom stereocenters. The number of sulfonamides is 1. The number of carbonyl (C=O) groups is 1. The molecule has 1 aromatic heterocycles. The third-order valence-electron chi connectivity index (χ3n) is 3.23. The zero-order valence-corrected chi connectivity index (χ0v) is 13.2. The average molecular weight is 368 g/mol. The topological polar surface area (TPSA) is 83.5 Å². The summed E-state index contributed by atoms with van der Waals surface area (Å²) in [6.45, 7) is 0. The molecule has 0 unspecified atom stereocenters. The van der Waals surface area contributed by atoms with Gasteiger partial charge >= 0.3 is 5.97 Å². The number of aliphatic carboxylic acids is 1. The lowest BCUT2D eigenvalue weighted by molar-refractivity contribution is -0.142. The van der Waals surface area contributed by atoms with E-state index >= 15 is 0 Å². The zero-order valence-electron chi connectivity index (χ0n) is 10.0. The van der Waals surface area contributed by atoms with Gasteiger partial charge in [-0.25, -0.2) is 13.1 Å². The van der Waals surface area contributed by atoms with Crippen LogP contribution in [-0.4, -0.2) is 25.5 Å². The Kier molecular flexibility index (Phi) is 4.65. The van der Waals surface area contributed by atoms with E-state index in [1.54, 1.807) is 11.4 Å². The molecule has 0 aromatic carbocycles. The number of halogens is 1. The molecule has 2 rings (SSSR count). The molecule has 8 heteroatoms. The highest BCUT2D eigenvalue weighted by atomic mass is 79.9. The van der Waals surface area contributed by atoms with Crippen LogP contribution in [-0.2, 0) is 14.8 Å². The quantitative estimate of drug-likeness (QED) is 0.855. The zero-order chi connectivity index (χ0) is 14.0. The third kappa shape index (κ3) is 3.56. The Morgan fingerprint density at radius 3 is 2.47 bits per heavy atom. The van der Waals surface area contributed by atoms with Crippen LogP contribution in [0.15, 0.2) is 20.1 Å². The van der Waals surface area contributed by atoms with Gasteiger partial charge in [-0.1, -0.05) is 0 Å². The molecule has 0 spiro atoms. The van der Waals surface area contributed by atoms with Gasteiger partial charge in [0.25, 0.3) is 10.0 Å². The molecule has 0 bridgehead atoms. The Morgan fingerprint density at radius 2 is 2.00 bits per heavy atom. The van der Waals surface area contributed by atoms with Crippen molar-refractivity contribution in [2.75, 3.05) is 0 Å². The van der Waals surface area contributed by atoms with Gasteiger partial charge in [-0.15, -0.1) is 11.3 Å². The van der Waals surface area contributed by atoms with E-state index in [-0.39, 0.29) is 16.2 Å². The summed E-state index contributed by atoms with van der Waals surface area (Å²) in [5.74, 6) is -1.13.